The third kappa shape index (κ3) is 21.5. The van der Waals surface area contributed by atoms with Gasteiger partial charge in [0.05, 0.1) is 6.67 Å². The first-order valence-corrected chi connectivity index (χ1v) is 14.3. The molecule has 0 spiro atoms. The van der Waals surface area contributed by atoms with Crippen LogP contribution in [-0.4, -0.2) is 6.67 Å². The van der Waals surface area contributed by atoms with Crippen molar-refractivity contribution in [3.8, 4) is 0 Å². The monoisotopic (exact) mass is 440 g/mol. The molecule has 31 heavy (non-hydrogen) atoms. The summed E-state index contributed by atoms with van der Waals surface area (Å²) in [6.45, 7) is 16.3. The van der Waals surface area contributed by atoms with Crippen LogP contribution < -0.4 is 0 Å². The molecule has 1 heteroatoms. The summed E-state index contributed by atoms with van der Waals surface area (Å²) < 4.78 is 12.5. The highest BCUT2D eigenvalue weighted by atomic mass is 19.1. The minimum Gasteiger partial charge on any atom is -0.251 e. The predicted molar refractivity (Wildman–Crippen MR) is 141 cm³/mol. The maximum absolute atomic E-state index is 12.5. The van der Waals surface area contributed by atoms with Crippen LogP contribution in [0.2, 0.25) is 0 Å². The quantitative estimate of drug-likeness (QED) is 0.147. The van der Waals surface area contributed by atoms with Gasteiger partial charge in [0.25, 0.3) is 0 Å². The molecule has 0 heterocycles. The molecule has 188 valence electrons. The molecule has 0 amide bonds. The van der Waals surface area contributed by atoms with Gasteiger partial charge in [-0.15, -0.1) is 0 Å². The maximum Gasteiger partial charge on any atom is 0.0919 e. The van der Waals surface area contributed by atoms with Crippen LogP contribution in [0.5, 0.6) is 0 Å². The van der Waals surface area contributed by atoms with Crippen molar-refractivity contribution in [1.82, 2.24) is 0 Å². The second kappa shape index (κ2) is 20.5. The fraction of sp³-hybridized carbons (Fsp3) is 1.00. The molecule has 0 bridgehead atoms. The van der Waals surface area contributed by atoms with E-state index in [9.17, 15) is 4.39 Å². The molecule has 0 aliphatic rings. The highest BCUT2D eigenvalue weighted by Gasteiger charge is 2.09. The van der Waals surface area contributed by atoms with E-state index in [4.69, 9.17) is 0 Å². The molecule has 0 N–H and O–H groups in total. The van der Waals surface area contributed by atoms with Crippen LogP contribution in [0.25, 0.3) is 0 Å². The van der Waals surface area contributed by atoms with Crippen molar-refractivity contribution in [1.29, 1.82) is 0 Å². The Labute approximate surface area is 197 Å². The predicted octanol–water partition coefficient (Wildman–Crippen LogP) is 11.0. The lowest BCUT2D eigenvalue weighted by atomic mass is 9.90. The van der Waals surface area contributed by atoms with Crippen molar-refractivity contribution >= 4 is 0 Å². The molecule has 0 aromatic heterocycles. The van der Waals surface area contributed by atoms with Crippen molar-refractivity contribution in [2.45, 2.75) is 151 Å². The minimum absolute atomic E-state index is 0.150. The van der Waals surface area contributed by atoms with Crippen LogP contribution in [-0.2, 0) is 0 Å². The van der Waals surface area contributed by atoms with Gasteiger partial charge in [0.1, 0.15) is 0 Å². The van der Waals surface area contributed by atoms with Crippen LogP contribution in [0.3, 0.4) is 0 Å². The van der Waals surface area contributed by atoms with Crippen LogP contribution in [0.15, 0.2) is 0 Å². The highest BCUT2D eigenvalue weighted by Crippen LogP contribution is 2.24. The average molecular weight is 441 g/mol. The Morgan fingerprint density at radius 2 is 0.613 bits per heavy atom. The van der Waals surface area contributed by atoms with Crippen LogP contribution in [0, 0.1) is 35.5 Å². The van der Waals surface area contributed by atoms with E-state index in [0.717, 1.165) is 36.0 Å². The number of unbranched alkanes of at least 4 members (excludes halogenated alkanes) is 1. The maximum atomic E-state index is 12.5. The fourth-order valence-electron chi connectivity index (χ4n) is 4.96. The first-order valence-electron chi connectivity index (χ1n) is 14.3. The molecule has 0 aliphatic heterocycles. The standard InChI is InChI=1S/C30H61F/c1-25(2)14-10-17-28(5)20-11-18-26(3)15-8-9-16-27(4)19-12-21-29(6)22-13-23-30(7)24-31/h25-30H,8-24H2,1-7H3. The number of halogens is 1. The minimum atomic E-state index is -0.150. The van der Waals surface area contributed by atoms with Gasteiger partial charge in [-0.05, 0) is 41.9 Å². The summed E-state index contributed by atoms with van der Waals surface area (Å²) in [5, 5.41) is 0. The Balaban J connectivity index is 3.55. The molecule has 0 saturated heterocycles. The molecule has 0 nitrogen and oxygen atoms in total. The SMILES string of the molecule is CC(C)CCCC(C)CCCC(C)CCCCC(C)CCCC(C)CCCC(C)CF. The lowest BCUT2D eigenvalue weighted by Crippen LogP contribution is -2.02. The molecule has 0 aliphatic carbocycles. The van der Waals surface area contributed by atoms with Gasteiger partial charge in [-0.2, -0.15) is 0 Å². The highest BCUT2D eigenvalue weighted by molar-refractivity contribution is 4.62. The van der Waals surface area contributed by atoms with E-state index >= 15 is 0 Å². The smallest absolute Gasteiger partial charge is 0.0919 e. The van der Waals surface area contributed by atoms with E-state index in [1.54, 1.807) is 0 Å². The van der Waals surface area contributed by atoms with E-state index in [1.807, 2.05) is 6.92 Å². The first-order chi connectivity index (χ1) is 14.7. The van der Waals surface area contributed by atoms with Gasteiger partial charge in [-0.25, -0.2) is 0 Å². The summed E-state index contributed by atoms with van der Waals surface area (Å²) in [4.78, 5) is 0. The number of hydrogen-bond donors (Lipinski definition) is 0. The zero-order valence-electron chi connectivity index (χ0n) is 22.9. The molecule has 0 rings (SSSR count). The van der Waals surface area contributed by atoms with Crippen molar-refractivity contribution in [3.63, 3.8) is 0 Å². The van der Waals surface area contributed by atoms with Gasteiger partial charge in [0, 0.05) is 0 Å². The van der Waals surface area contributed by atoms with Crippen LogP contribution in [0.4, 0.5) is 4.39 Å². The van der Waals surface area contributed by atoms with Gasteiger partial charge in [-0.1, -0.05) is 145 Å². The second-order valence-corrected chi connectivity index (χ2v) is 12.1. The third-order valence-electron chi connectivity index (χ3n) is 7.57. The molecular formula is C30H61F. The second-order valence-electron chi connectivity index (χ2n) is 12.1. The Kier molecular flexibility index (Phi) is 20.5. The first kappa shape index (κ1) is 30.9. The lowest BCUT2D eigenvalue weighted by Gasteiger charge is -2.16. The summed E-state index contributed by atoms with van der Waals surface area (Å²) in [6.07, 6.45) is 22.0. The largest absolute Gasteiger partial charge is 0.251 e. The van der Waals surface area contributed by atoms with Crippen molar-refractivity contribution in [3.05, 3.63) is 0 Å². The Bertz CT molecular complexity index is 363. The van der Waals surface area contributed by atoms with E-state index in [1.165, 1.54) is 96.3 Å². The fourth-order valence-corrected chi connectivity index (χ4v) is 4.96. The Morgan fingerprint density at radius 1 is 0.355 bits per heavy atom. The van der Waals surface area contributed by atoms with Crippen molar-refractivity contribution in [2.24, 2.45) is 35.5 Å². The average Bonchev–Trinajstić information content (AvgIpc) is 2.70. The molecule has 5 unspecified atom stereocenters. The van der Waals surface area contributed by atoms with E-state index in [-0.39, 0.29) is 12.6 Å². The Morgan fingerprint density at radius 3 is 0.903 bits per heavy atom. The van der Waals surface area contributed by atoms with E-state index < -0.39 is 0 Å². The Hall–Kier alpha value is -0.0700. The van der Waals surface area contributed by atoms with Gasteiger partial charge in [-0.3, -0.25) is 4.39 Å². The molecule has 5 atom stereocenters. The summed E-state index contributed by atoms with van der Waals surface area (Å²) in [5.74, 6) is 4.68. The summed E-state index contributed by atoms with van der Waals surface area (Å²) in [6, 6.07) is 0. The molecule has 0 aromatic carbocycles. The molecule has 0 saturated carbocycles. The van der Waals surface area contributed by atoms with Gasteiger partial charge in [0.2, 0.25) is 0 Å². The summed E-state index contributed by atoms with van der Waals surface area (Å²) in [7, 11) is 0. The van der Waals surface area contributed by atoms with E-state index in [2.05, 4.69) is 41.5 Å². The lowest BCUT2D eigenvalue weighted by molar-refractivity contribution is 0.338. The van der Waals surface area contributed by atoms with E-state index in [0.29, 0.717) is 0 Å². The number of rotatable bonds is 22. The van der Waals surface area contributed by atoms with Crippen LogP contribution in [0.1, 0.15) is 151 Å². The van der Waals surface area contributed by atoms with Crippen molar-refractivity contribution < 1.29 is 4.39 Å². The zero-order valence-corrected chi connectivity index (χ0v) is 22.9. The topological polar surface area (TPSA) is 0 Å². The molecule has 0 radical (unpaired) electrons. The molecule has 0 aromatic rings. The molecular weight excluding hydrogens is 379 g/mol. The summed E-state index contributed by atoms with van der Waals surface area (Å²) in [5.41, 5.74) is 0. The van der Waals surface area contributed by atoms with Crippen LogP contribution >= 0.6 is 0 Å². The van der Waals surface area contributed by atoms with Crippen molar-refractivity contribution in [2.75, 3.05) is 6.67 Å². The number of alkyl halides is 1. The summed E-state index contributed by atoms with van der Waals surface area (Å²) >= 11 is 0. The third-order valence-corrected chi connectivity index (χ3v) is 7.57. The molecule has 0 fully saturated rings. The number of hydrogen-bond acceptors (Lipinski definition) is 0. The van der Waals surface area contributed by atoms with Gasteiger partial charge >= 0.3 is 0 Å². The van der Waals surface area contributed by atoms with Gasteiger partial charge in [0.15, 0.2) is 0 Å². The normalized spacial score (nSPS) is 16.9. The zero-order chi connectivity index (χ0) is 23.5. The van der Waals surface area contributed by atoms with Gasteiger partial charge < -0.3 is 0 Å².